The van der Waals surface area contributed by atoms with E-state index in [1.165, 1.54) is 0 Å². The van der Waals surface area contributed by atoms with Crippen LogP contribution in [-0.4, -0.2) is 0 Å². The molecule has 0 aromatic carbocycles. The van der Waals surface area contributed by atoms with E-state index in [2.05, 4.69) is 8.62 Å². The molecular formula is H4O10P4Tc. The molecule has 15 heteroatoms. The average molecular weight is 386 g/mol. The van der Waals surface area contributed by atoms with Gasteiger partial charge in [0.15, 0.2) is 0 Å². The zero-order valence-electron chi connectivity index (χ0n) is 6.46. The second-order valence-electron chi connectivity index (χ2n) is 1.20. The van der Waals surface area contributed by atoms with Gasteiger partial charge in [-0.3, -0.25) is 8.62 Å². The van der Waals surface area contributed by atoms with Crippen LogP contribution in [0.1, 0.15) is 0 Å². The van der Waals surface area contributed by atoms with Crippen LogP contribution in [0, 0.1) is 0 Å². The maximum atomic E-state index is 9.29. The van der Waals surface area contributed by atoms with Gasteiger partial charge in [-0.2, -0.15) is 0 Å². The second-order valence-corrected chi connectivity index (χ2v) is 4.84. The molecule has 4 unspecified atom stereocenters. The molecule has 0 saturated carbocycles. The largest absolute Gasteiger partial charge is 4.00 e. The van der Waals surface area contributed by atoms with E-state index in [1.807, 2.05) is 0 Å². The predicted molar refractivity (Wildman–Crippen MR) is 38.2 cm³/mol. The van der Waals surface area contributed by atoms with Gasteiger partial charge >= 0.3 is 20.1 Å². The molecule has 91 valence electrons. The fourth-order valence-electron chi connectivity index (χ4n) is 0.136. The normalized spacial score (nSPS) is 17.3. The van der Waals surface area contributed by atoms with Crippen LogP contribution < -0.4 is 19.6 Å². The van der Waals surface area contributed by atoms with Gasteiger partial charge in [0.05, 0.1) is 0 Å². The van der Waals surface area contributed by atoms with Gasteiger partial charge in [0.1, 0.15) is 33.0 Å². The molecular weight excluding hydrogens is 382 g/mol. The van der Waals surface area contributed by atoms with Gasteiger partial charge in [0.2, 0.25) is 0 Å². The van der Waals surface area contributed by atoms with Crippen molar-refractivity contribution in [1.82, 2.24) is 0 Å². The van der Waals surface area contributed by atoms with Gasteiger partial charge in [-0.25, -0.2) is 0 Å². The molecule has 0 aliphatic heterocycles. The summed E-state index contributed by atoms with van der Waals surface area (Å²) in [6.07, 6.45) is 0. The molecule has 0 aliphatic rings. The Morgan fingerprint density at radius 3 is 0.733 bits per heavy atom. The fraction of sp³-hybridized carbons (Fsp3) is 0. The van der Waals surface area contributed by atoms with Crippen molar-refractivity contribution in [3.63, 3.8) is 0 Å². The van der Waals surface area contributed by atoms with Crippen LogP contribution in [0.25, 0.3) is 0 Å². The number of hydrogen-bond donors (Lipinski definition) is 0. The van der Waals surface area contributed by atoms with Gasteiger partial charge in [-0.1, -0.05) is 0 Å². The Kier molecular flexibility index (Phi) is 19.3. The van der Waals surface area contributed by atoms with Crippen molar-refractivity contribution in [2.24, 2.45) is 0 Å². The van der Waals surface area contributed by atoms with Gasteiger partial charge in [0, 0.05) is 0 Å². The Balaban J connectivity index is -0.000000180. The van der Waals surface area contributed by atoms with Gasteiger partial charge in [0.25, 0.3) is 0 Å². The molecule has 1 radical (unpaired) electrons. The molecule has 0 aromatic rings. The fourth-order valence-corrected chi connectivity index (χ4v) is 1.22. The zero-order chi connectivity index (χ0) is 11.7. The first kappa shape index (κ1) is 21.6. The third-order valence-electron chi connectivity index (χ3n) is 0.333. The number of rotatable bonds is 4. The van der Waals surface area contributed by atoms with E-state index >= 15 is 0 Å². The third-order valence-corrected chi connectivity index (χ3v) is 3.00. The van der Waals surface area contributed by atoms with E-state index in [9.17, 15) is 37.8 Å². The summed E-state index contributed by atoms with van der Waals surface area (Å²) in [6.45, 7) is 0. The van der Waals surface area contributed by atoms with Crippen LogP contribution in [0.15, 0.2) is 0 Å². The molecule has 0 aromatic heterocycles. The molecule has 0 spiro atoms. The molecule has 0 aliphatic carbocycles. The SMILES string of the molecule is O=[PH]([O-])O[PH](=O)[O-].O=[PH]([O-])O[PH](=O)[O-].[Tc+4]. The summed E-state index contributed by atoms with van der Waals surface area (Å²) >= 11 is 0. The van der Waals surface area contributed by atoms with Gasteiger partial charge in [-0.15, -0.1) is 0 Å². The molecule has 4 atom stereocenters. The first-order valence-electron chi connectivity index (χ1n) is 2.45. The van der Waals surface area contributed by atoms with E-state index in [0.717, 1.165) is 0 Å². The maximum Gasteiger partial charge on any atom is 4.00 e. The van der Waals surface area contributed by atoms with Crippen LogP contribution in [0.5, 0.6) is 0 Å². The van der Waals surface area contributed by atoms with Crippen molar-refractivity contribution in [1.29, 1.82) is 0 Å². The van der Waals surface area contributed by atoms with Crippen LogP contribution in [0.3, 0.4) is 0 Å². The molecule has 0 bridgehead atoms. The van der Waals surface area contributed by atoms with Crippen LogP contribution in [-0.2, 0) is 47.0 Å². The molecule has 0 fully saturated rings. The Morgan fingerprint density at radius 1 is 0.600 bits per heavy atom. The molecule has 15 heavy (non-hydrogen) atoms. The van der Waals surface area contributed by atoms with Crippen LogP contribution >= 0.6 is 33.0 Å². The molecule has 0 saturated heterocycles. The summed E-state index contributed by atoms with van der Waals surface area (Å²) in [4.78, 5) is 37.1. The summed E-state index contributed by atoms with van der Waals surface area (Å²) < 4.78 is 43.6. The Bertz CT molecular complexity index is 196. The molecule has 0 rings (SSSR count). The average Bonchev–Trinajstić information content (AvgIpc) is 1.79. The molecule has 0 heterocycles. The quantitative estimate of drug-likeness (QED) is 0.452. The van der Waals surface area contributed by atoms with Crippen LogP contribution in [0.4, 0.5) is 0 Å². The van der Waals surface area contributed by atoms with Crippen molar-refractivity contribution >= 4 is 33.0 Å². The van der Waals surface area contributed by atoms with Crippen molar-refractivity contribution in [3.05, 3.63) is 0 Å². The van der Waals surface area contributed by atoms with E-state index < -0.39 is 33.0 Å². The summed E-state index contributed by atoms with van der Waals surface area (Å²) in [5.41, 5.74) is 0. The summed E-state index contributed by atoms with van der Waals surface area (Å²) in [5, 5.41) is 0. The van der Waals surface area contributed by atoms with E-state index in [1.54, 1.807) is 0 Å². The maximum absolute atomic E-state index is 9.29. The van der Waals surface area contributed by atoms with E-state index in [-0.39, 0.29) is 20.1 Å². The predicted octanol–water partition coefficient (Wildman–Crippen LogP) is -3.00. The smallest absolute Gasteiger partial charge is 0.781 e. The second kappa shape index (κ2) is 13.4. The molecule has 10 nitrogen and oxygen atoms in total. The third kappa shape index (κ3) is 31.3. The first-order chi connectivity index (χ1) is 6.25. The van der Waals surface area contributed by atoms with E-state index in [0.29, 0.717) is 0 Å². The molecule has 0 N–H and O–H groups in total. The zero-order valence-corrected chi connectivity index (χ0v) is 12.3. The van der Waals surface area contributed by atoms with E-state index in [4.69, 9.17) is 0 Å². The Hall–Kier alpha value is 1.33. The summed E-state index contributed by atoms with van der Waals surface area (Å²) in [5.74, 6) is 0. The van der Waals surface area contributed by atoms with Crippen molar-refractivity contribution in [2.75, 3.05) is 0 Å². The minimum atomic E-state index is -3.51. The van der Waals surface area contributed by atoms with Crippen molar-refractivity contribution in [2.45, 2.75) is 0 Å². The number of hydrogen-bond acceptors (Lipinski definition) is 10. The minimum absolute atomic E-state index is 0. The summed E-state index contributed by atoms with van der Waals surface area (Å²) in [6, 6.07) is 0. The minimum Gasteiger partial charge on any atom is -0.781 e. The topological polar surface area (TPSA) is 179 Å². The monoisotopic (exact) mass is 385 g/mol. The Labute approximate surface area is 99.8 Å². The standard InChI is InChI=1S/2H4O5P2.Tc/c2*1-6(2)5-7(3)4;/h2*6-7H,(H,1,2)(H,3,4);/q;;+4/p-4. The van der Waals surface area contributed by atoms with Gasteiger partial charge in [-0.05, 0) is 0 Å². The van der Waals surface area contributed by atoms with Crippen molar-refractivity contribution in [3.8, 4) is 0 Å². The van der Waals surface area contributed by atoms with Crippen molar-refractivity contribution < 1.29 is 66.6 Å². The van der Waals surface area contributed by atoms with Crippen LogP contribution in [0.2, 0.25) is 0 Å². The molecule has 0 amide bonds. The Morgan fingerprint density at radius 2 is 0.733 bits per heavy atom. The first-order valence-corrected chi connectivity index (χ1v) is 7.35. The van der Waals surface area contributed by atoms with Gasteiger partial charge < -0.3 is 37.8 Å². The summed E-state index contributed by atoms with van der Waals surface area (Å²) in [7, 11) is -14.1.